The molecule has 1 aromatic rings. The lowest BCUT2D eigenvalue weighted by atomic mass is 10.2. The molecule has 5 nitrogen and oxygen atoms in total. The second-order valence-corrected chi connectivity index (χ2v) is 6.44. The van der Waals surface area contributed by atoms with Gasteiger partial charge in [0.25, 0.3) is 0 Å². The van der Waals surface area contributed by atoms with Gasteiger partial charge in [-0.05, 0) is 24.3 Å². The van der Waals surface area contributed by atoms with E-state index in [1.165, 1.54) is 6.26 Å². The molecule has 0 spiro atoms. The van der Waals surface area contributed by atoms with Crippen LogP contribution in [0.3, 0.4) is 0 Å². The van der Waals surface area contributed by atoms with Crippen LogP contribution in [0.4, 0.5) is 5.69 Å². The van der Waals surface area contributed by atoms with Crippen LogP contribution in [-0.4, -0.2) is 47.0 Å². The molecule has 0 radical (unpaired) electrons. The highest BCUT2D eigenvalue weighted by molar-refractivity contribution is 7.90. The van der Waals surface area contributed by atoms with E-state index in [0.29, 0.717) is 24.7 Å². The number of sulfone groups is 1. The van der Waals surface area contributed by atoms with Gasteiger partial charge in [-0.25, -0.2) is 8.42 Å². The molecule has 1 aliphatic heterocycles. The largest absolute Gasteiger partial charge is 0.377 e. The highest BCUT2D eigenvalue weighted by atomic mass is 32.2. The monoisotopic (exact) mass is 270 g/mol. The van der Waals surface area contributed by atoms with Crippen molar-refractivity contribution in [3.63, 3.8) is 0 Å². The molecular formula is C12H18N2O3S. The third kappa shape index (κ3) is 2.82. The summed E-state index contributed by atoms with van der Waals surface area (Å²) in [6.45, 7) is 2.59. The fourth-order valence-electron chi connectivity index (χ4n) is 2.07. The quantitative estimate of drug-likeness (QED) is 0.852. The van der Waals surface area contributed by atoms with Crippen molar-refractivity contribution in [3.05, 3.63) is 24.3 Å². The highest BCUT2D eigenvalue weighted by Gasteiger charge is 2.22. The van der Waals surface area contributed by atoms with Gasteiger partial charge in [0.2, 0.25) is 0 Å². The number of morpholine rings is 1. The van der Waals surface area contributed by atoms with E-state index in [1.54, 1.807) is 12.1 Å². The Hall–Kier alpha value is -1.11. The van der Waals surface area contributed by atoms with Crippen molar-refractivity contribution >= 4 is 15.5 Å². The van der Waals surface area contributed by atoms with Gasteiger partial charge in [0.05, 0.1) is 24.2 Å². The lowest BCUT2D eigenvalue weighted by Crippen LogP contribution is -2.49. The zero-order valence-electron chi connectivity index (χ0n) is 10.4. The van der Waals surface area contributed by atoms with Crippen molar-refractivity contribution in [2.24, 2.45) is 5.73 Å². The SMILES string of the molecule is CS(=O)(=O)c1ccc(N2CCOCC2CN)cc1. The van der Waals surface area contributed by atoms with Gasteiger partial charge < -0.3 is 15.4 Å². The molecule has 2 N–H and O–H groups in total. The van der Waals surface area contributed by atoms with Gasteiger partial charge >= 0.3 is 0 Å². The van der Waals surface area contributed by atoms with Gasteiger partial charge in [-0.2, -0.15) is 0 Å². The topological polar surface area (TPSA) is 72.6 Å². The van der Waals surface area contributed by atoms with E-state index in [2.05, 4.69) is 4.90 Å². The molecule has 1 heterocycles. The summed E-state index contributed by atoms with van der Waals surface area (Å²) in [4.78, 5) is 2.50. The Balaban J connectivity index is 2.23. The van der Waals surface area contributed by atoms with Gasteiger partial charge in [-0.1, -0.05) is 0 Å². The molecule has 1 unspecified atom stereocenters. The Morgan fingerprint density at radius 1 is 1.39 bits per heavy atom. The molecular weight excluding hydrogens is 252 g/mol. The molecule has 0 bridgehead atoms. The number of nitrogens with two attached hydrogens (primary N) is 1. The molecule has 1 fully saturated rings. The van der Waals surface area contributed by atoms with Gasteiger partial charge in [0.1, 0.15) is 0 Å². The van der Waals surface area contributed by atoms with Crippen molar-refractivity contribution in [2.45, 2.75) is 10.9 Å². The van der Waals surface area contributed by atoms with Crippen molar-refractivity contribution in [1.82, 2.24) is 0 Å². The minimum Gasteiger partial charge on any atom is -0.377 e. The molecule has 18 heavy (non-hydrogen) atoms. The van der Waals surface area contributed by atoms with Crippen LogP contribution < -0.4 is 10.6 Å². The van der Waals surface area contributed by atoms with Crippen LogP contribution in [0, 0.1) is 0 Å². The van der Waals surface area contributed by atoms with E-state index in [9.17, 15) is 8.42 Å². The zero-order chi connectivity index (χ0) is 13.2. The molecule has 6 heteroatoms. The molecule has 100 valence electrons. The van der Waals surface area contributed by atoms with Crippen molar-refractivity contribution in [1.29, 1.82) is 0 Å². The molecule has 1 atom stereocenters. The molecule has 0 amide bonds. The van der Waals surface area contributed by atoms with Crippen LogP contribution in [0.15, 0.2) is 29.2 Å². The lowest BCUT2D eigenvalue weighted by molar-refractivity contribution is 0.0963. The number of rotatable bonds is 3. The summed E-state index contributed by atoms with van der Waals surface area (Å²) >= 11 is 0. The van der Waals surface area contributed by atoms with Crippen LogP contribution in [0.25, 0.3) is 0 Å². The van der Waals surface area contributed by atoms with E-state index >= 15 is 0 Å². The smallest absolute Gasteiger partial charge is 0.175 e. The fourth-order valence-corrected chi connectivity index (χ4v) is 2.71. The third-order valence-electron chi connectivity index (χ3n) is 3.10. The van der Waals surface area contributed by atoms with E-state index in [1.807, 2.05) is 12.1 Å². The predicted octanol–water partition coefficient (Wildman–Crippen LogP) is 0.254. The minimum absolute atomic E-state index is 0.155. The third-order valence-corrected chi connectivity index (χ3v) is 4.22. The summed E-state index contributed by atoms with van der Waals surface area (Å²) in [6.07, 6.45) is 1.21. The molecule has 0 saturated carbocycles. The summed E-state index contributed by atoms with van der Waals surface area (Å²) in [5, 5.41) is 0. The standard InChI is InChI=1S/C12H18N2O3S/c1-18(15,16)12-4-2-10(3-5-12)14-6-7-17-9-11(14)8-13/h2-5,11H,6-9,13H2,1H3. The summed E-state index contributed by atoms with van der Waals surface area (Å²) in [5.74, 6) is 0. The number of anilines is 1. The summed E-state index contributed by atoms with van der Waals surface area (Å²) < 4.78 is 28.2. The minimum atomic E-state index is -3.14. The maximum Gasteiger partial charge on any atom is 0.175 e. The van der Waals surface area contributed by atoms with Gasteiger partial charge in [-0.15, -0.1) is 0 Å². The summed E-state index contributed by atoms with van der Waals surface area (Å²) in [5.41, 5.74) is 6.70. The van der Waals surface area contributed by atoms with Gasteiger partial charge in [0, 0.05) is 25.0 Å². The van der Waals surface area contributed by atoms with Crippen molar-refractivity contribution < 1.29 is 13.2 Å². The molecule has 1 saturated heterocycles. The molecule has 0 aliphatic carbocycles. The Bertz CT molecular complexity index is 499. The maximum absolute atomic E-state index is 11.4. The Labute approximate surface area is 107 Å². The fraction of sp³-hybridized carbons (Fsp3) is 0.500. The van der Waals surface area contributed by atoms with Crippen LogP contribution in [0.1, 0.15) is 0 Å². The predicted molar refractivity (Wildman–Crippen MR) is 70.6 cm³/mol. The molecule has 1 aromatic carbocycles. The highest BCUT2D eigenvalue weighted by Crippen LogP contribution is 2.21. The van der Waals surface area contributed by atoms with Crippen LogP contribution in [0.2, 0.25) is 0 Å². The van der Waals surface area contributed by atoms with E-state index in [-0.39, 0.29) is 6.04 Å². The maximum atomic E-state index is 11.4. The van der Waals surface area contributed by atoms with Crippen molar-refractivity contribution in [2.75, 3.05) is 37.5 Å². The first-order valence-electron chi connectivity index (χ1n) is 5.87. The average Bonchev–Trinajstić information content (AvgIpc) is 2.38. The first-order chi connectivity index (χ1) is 8.52. The Morgan fingerprint density at radius 3 is 2.61 bits per heavy atom. The van der Waals surface area contributed by atoms with Crippen LogP contribution in [-0.2, 0) is 14.6 Å². The first-order valence-corrected chi connectivity index (χ1v) is 7.76. The zero-order valence-corrected chi connectivity index (χ0v) is 11.2. The number of hydrogen-bond acceptors (Lipinski definition) is 5. The molecule has 1 aliphatic rings. The van der Waals surface area contributed by atoms with Crippen LogP contribution in [0.5, 0.6) is 0 Å². The second kappa shape index (κ2) is 5.26. The lowest BCUT2D eigenvalue weighted by Gasteiger charge is -2.36. The first kappa shape index (κ1) is 13.3. The number of hydrogen-bond donors (Lipinski definition) is 1. The number of benzene rings is 1. The molecule has 2 rings (SSSR count). The normalized spacial score (nSPS) is 21.0. The van der Waals surface area contributed by atoms with E-state index in [4.69, 9.17) is 10.5 Å². The second-order valence-electron chi connectivity index (χ2n) is 4.42. The van der Waals surface area contributed by atoms with Crippen LogP contribution >= 0.6 is 0 Å². The Kier molecular flexibility index (Phi) is 3.89. The summed E-state index contributed by atoms with van der Waals surface area (Å²) in [6, 6.07) is 7.07. The number of ether oxygens (including phenoxy) is 1. The van der Waals surface area contributed by atoms with E-state index < -0.39 is 9.84 Å². The molecule has 0 aromatic heterocycles. The Morgan fingerprint density at radius 2 is 2.06 bits per heavy atom. The van der Waals surface area contributed by atoms with Gasteiger partial charge in [-0.3, -0.25) is 0 Å². The van der Waals surface area contributed by atoms with E-state index in [0.717, 1.165) is 12.2 Å². The van der Waals surface area contributed by atoms with Gasteiger partial charge in [0.15, 0.2) is 9.84 Å². The van der Waals surface area contributed by atoms with Crippen molar-refractivity contribution in [3.8, 4) is 0 Å². The summed E-state index contributed by atoms with van der Waals surface area (Å²) in [7, 11) is -3.14. The average molecular weight is 270 g/mol. The number of nitrogens with zero attached hydrogens (tertiary/aromatic N) is 1.